The fourth-order valence-electron chi connectivity index (χ4n) is 3.41. The number of morpholine rings is 1. The zero-order valence-corrected chi connectivity index (χ0v) is 19.4. The minimum Gasteiger partial charge on any atom is -0.406 e. The van der Waals surface area contributed by atoms with E-state index in [4.69, 9.17) is 4.74 Å². The number of nitrogens with zero attached hydrogens (tertiary/aromatic N) is 3. The van der Waals surface area contributed by atoms with Crippen molar-refractivity contribution in [1.82, 2.24) is 9.88 Å². The average molecular weight is 502 g/mol. The predicted octanol–water partition coefficient (Wildman–Crippen LogP) is 4.90. The van der Waals surface area contributed by atoms with Gasteiger partial charge in [0, 0.05) is 37.8 Å². The van der Waals surface area contributed by atoms with E-state index in [1.807, 2.05) is 19.1 Å². The van der Waals surface area contributed by atoms with Gasteiger partial charge in [-0.25, -0.2) is 4.98 Å². The molecule has 0 saturated carbocycles. The van der Waals surface area contributed by atoms with Gasteiger partial charge in [-0.2, -0.15) is 0 Å². The molecule has 0 aliphatic carbocycles. The van der Waals surface area contributed by atoms with Crippen molar-refractivity contribution in [3.63, 3.8) is 0 Å². The lowest BCUT2D eigenvalue weighted by Crippen LogP contribution is -2.43. The monoisotopic (exact) mass is 501 g/mol. The van der Waals surface area contributed by atoms with Crippen LogP contribution in [0.2, 0.25) is 0 Å². The van der Waals surface area contributed by atoms with Crippen LogP contribution in [0, 0.1) is 6.92 Å². The van der Waals surface area contributed by atoms with Gasteiger partial charge in [0.1, 0.15) is 5.75 Å². The molecule has 6 nitrogen and oxygen atoms in total. The Kier molecular flexibility index (Phi) is 8.17. The zero-order chi connectivity index (χ0) is 22.7. The maximum atomic E-state index is 13.3. The number of hydrogen-bond donors (Lipinski definition) is 0. The number of carbonyl (C=O) groups excluding carboxylic acids is 1. The molecule has 1 aliphatic rings. The summed E-state index contributed by atoms with van der Waals surface area (Å²) in [5, 5.41) is 0.433. The Hall–Kier alpha value is -2.40. The van der Waals surface area contributed by atoms with Crippen LogP contribution in [0.1, 0.15) is 15.9 Å². The maximum absolute atomic E-state index is 13.3. The molecule has 1 fully saturated rings. The second kappa shape index (κ2) is 10.7. The smallest absolute Gasteiger partial charge is 0.406 e. The number of alkyl halides is 3. The number of benzene rings is 2. The SMILES string of the molecule is Cc1ccc(C(=O)N(CCN2CCOCC2)c2nc3ccc(OC(F)(F)F)cc3s2)cc1.Cl. The normalized spacial score (nSPS) is 14.7. The van der Waals surface area contributed by atoms with E-state index in [-0.39, 0.29) is 24.1 Å². The molecule has 2 aromatic carbocycles. The molecule has 0 N–H and O–H groups in total. The van der Waals surface area contributed by atoms with Crippen LogP contribution in [0.15, 0.2) is 42.5 Å². The summed E-state index contributed by atoms with van der Waals surface area (Å²) in [5.41, 5.74) is 2.07. The average Bonchev–Trinajstić information content (AvgIpc) is 3.17. The molecule has 3 aromatic rings. The zero-order valence-electron chi connectivity index (χ0n) is 17.8. The van der Waals surface area contributed by atoms with Crippen molar-refractivity contribution >= 4 is 45.0 Å². The number of amides is 1. The van der Waals surface area contributed by atoms with Crippen molar-refractivity contribution in [3.8, 4) is 5.75 Å². The molecule has 0 unspecified atom stereocenters. The van der Waals surface area contributed by atoms with Crippen molar-refractivity contribution in [2.75, 3.05) is 44.3 Å². The van der Waals surface area contributed by atoms with E-state index >= 15 is 0 Å². The second-order valence-electron chi connectivity index (χ2n) is 7.45. The third-order valence-corrected chi connectivity index (χ3v) is 6.14. The van der Waals surface area contributed by atoms with E-state index in [1.54, 1.807) is 17.0 Å². The molecule has 4 rings (SSSR count). The summed E-state index contributed by atoms with van der Waals surface area (Å²) in [6.45, 7) is 5.84. The first-order chi connectivity index (χ1) is 15.3. The third kappa shape index (κ3) is 6.57. The summed E-state index contributed by atoms with van der Waals surface area (Å²) in [6, 6.07) is 11.2. The number of anilines is 1. The highest BCUT2D eigenvalue weighted by Crippen LogP contribution is 2.34. The van der Waals surface area contributed by atoms with Gasteiger partial charge >= 0.3 is 6.36 Å². The highest BCUT2D eigenvalue weighted by atomic mass is 35.5. The summed E-state index contributed by atoms with van der Waals surface area (Å²) in [5.74, 6) is -0.519. The second-order valence-corrected chi connectivity index (χ2v) is 8.46. The largest absolute Gasteiger partial charge is 0.573 e. The number of carbonyl (C=O) groups is 1. The Morgan fingerprint density at radius 3 is 2.55 bits per heavy atom. The molecule has 0 bridgehead atoms. The lowest BCUT2D eigenvalue weighted by atomic mass is 10.1. The minimum absolute atomic E-state index is 0. The van der Waals surface area contributed by atoms with Gasteiger partial charge in [-0.15, -0.1) is 25.6 Å². The number of hydrogen-bond acceptors (Lipinski definition) is 6. The fourth-order valence-corrected chi connectivity index (χ4v) is 4.43. The van der Waals surface area contributed by atoms with Crippen molar-refractivity contribution in [2.24, 2.45) is 0 Å². The van der Waals surface area contributed by atoms with Crippen LogP contribution in [0.3, 0.4) is 0 Å². The molecule has 1 saturated heterocycles. The van der Waals surface area contributed by atoms with E-state index in [0.717, 1.165) is 30.0 Å². The first-order valence-corrected chi connectivity index (χ1v) is 11.0. The standard InChI is InChI=1S/C22H22F3N3O3S.ClH/c1-15-2-4-16(5-3-15)20(29)28(9-8-27-10-12-30-13-11-27)21-26-18-7-6-17(14-19(18)32-21)31-22(23,24)25;/h2-7,14H,8-13H2,1H3;1H. The van der Waals surface area contributed by atoms with E-state index < -0.39 is 6.36 Å². The van der Waals surface area contributed by atoms with Gasteiger partial charge < -0.3 is 9.47 Å². The molecule has 1 aromatic heterocycles. The Bertz CT molecular complexity index is 1090. The van der Waals surface area contributed by atoms with Crippen LogP contribution in [0.5, 0.6) is 5.75 Å². The summed E-state index contributed by atoms with van der Waals surface area (Å²) < 4.78 is 47.6. The van der Waals surface area contributed by atoms with Gasteiger partial charge in [-0.1, -0.05) is 29.0 Å². The van der Waals surface area contributed by atoms with Crippen LogP contribution >= 0.6 is 23.7 Å². The van der Waals surface area contributed by atoms with Crippen molar-refractivity contribution in [3.05, 3.63) is 53.6 Å². The van der Waals surface area contributed by atoms with Crippen LogP contribution in [-0.2, 0) is 4.74 Å². The molecule has 0 radical (unpaired) electrons. The molecule has 0 atom stereocenters. The van der Waals surface area contributed by atoms with Gasteiger partial charge in [0.25, 0.3) is 5.91 Å². The molecule has 1 amide bonds. The van der Waals surface area contributed by atoms with Gasteiger partial charge in [0.15, 0.2) is 5.13 Å². The van der Waals surface area contributed by atoms with E-state index in [0.29, 0.717) is 47.2 Å². The Labute approximate surface area is 199 Å². The number of halogens is 4. The molecule has 2 heterocycles. The summed E-state index contributed by atoms with van der Waals surface area (Å²) in [4.78, 5) is 21.7. The maximum Gasteiger partial charge on any atom is 0.573 e. The molecular weight excluding hydrogens is 479 g/mol. The number of ether oxygens (including phenoxy) is 2. The number of rotatable bonds is 6. The molecule has 33 heavy (non-hydrogen) atoms. The minimum atomic E-state index is -4.77. The van der Waals surface area contributed by atoms with Gasteiger partial charge in [0.05, 0.1) is 23.4 Å². The number of aryl methyl sites for hydroxylation is 1. The van der Waals surface area contributed by atoms with E-state index in [2.05, 4.69) is 14.6 Å². The van der Waals surface area contributed by atoms with Crippen LogP contribution in [-0.4, -0.2) is 61.5 Å². The molecule has 1 aliphatic heterocycles. The lowest BCUT2D eigenvalue weighted by molar-refractivity contribution is -0.274. The molecule has 0 spiro atoms. The lowest BCUT2D eigenvalue weighted by Gasteiger charge is -2.29. The van der Waals surface area contributed by atoms with Crippen molar-refractivity contribution in [2.45, 2.75) is 13.3 Å². The molecular formula is C22H23ClF3N3O3S. The first kappa shape index (κ1) is 25.2. The Morgan fingerprint density at radius 2 is 1.88 bits per heavy atom. The third-order valence-electron chi connectivity index (χ3n) is 5.10. The first-order valence-electron chi connectivity index (χ1n) is 10.1. The highest BCUT2D eigenvalue weighted by Gasteiger charge is 2.31. The van der Waals surface area contributed by atoms with Gasteiger partial charge in [-0.05, 0) is 31.2 Å². The quantitative estimate of drug-likeness (QED) is 0.480. The van der Waals surface area contributed by atoms with Gasteiger partial charge in [0.2, 0.25) is 0 Å². The van der Waals surface area contributed by atoms with E-state index in [1.165, 1.54) is 18.2 Å². The van der Waals surface area contributed by atoms with Crippen molar-refractivity contribution in [1.29, 1.82) is 0 Å². The van der Waals surface area contributed by atoms with Gasteiger partial charge in [-0.3, -0.25) is 14.6 Å². The number of aromatic nitrogens is 1. The van der Waals surface area contributed by atoms with Crippen molar-refractivity contribution < 1.29 is 27.4 Å². The predicted molar refractivity (Wildman–Crippen MR) is 124 cm³/mol. The summed E-state index contributed by atoms with van der Waals surface area (Å²) in [6.07, 6.45) is -4.77. The number of thiazole rings is 1. The highest BCUT2D eigenvalue weighted by molar-refractivity contribution is 7.22. The van der Waals surface area contributed by atoms with Crippen LogP contribution in [0.4, 0.5) is 18.3 Å². The molecule has 178 valence electrons. The van der Waals surface area contributed by atoms with E-state index in [9.17, 15) is 18.0 Å². The Morgan fingerprint density at radius 1 is 1.18 bits per heavy atom. The number of fused-ring (bicyclic) bond motifs is 1. The summed E-state index contributed by atoms with van der Waals surface area (Å²) >= 11 is 1.16. The summed E-state index contributed by atoms with van der Waals surface area (Å²) in [7, 11) is 0. The topological polar surface area (TPSA) is 54.9 Å². The molecule has 11 heteroatoms. The Balaban J connectivity index is 0.00000306. The fraction of sp³-hybridized carbons (Fsp3) is 0.364. The van der Waals surface area contributed by atoms with Crippen LogP contribution in [0.25, 0.3) is 10.2 Å². The van der Waals surface area contributed by atoms with Crippen LogP contribution < -0.4 is 9.64 Å².